The Morgan fingerprint density at radius 1 is 1.03 bits per heavy atom. The Balaban J connectivity index is 1.47. The van der Waals surface area contributed by atoms with E-state index in [9.17, 15) is 18.4 Å². The smallest absolute Gasteiger partial charge is 0.256 e. The van der Waals surface area contributed by atoms with E-state index in [4.69, 9.17) is 21.1 Å². The van der Waals surface area contributed by atoms with Gasteiger partial charge in [0.25, 0.3) is 5.91 Å². The van der Waals surface area contributed by atoms with Gasteiger partial charge in [-0.3, -0.25) is 9.59 Å². The van der Waals surface area contributed by atoms with Crippen LogP contribution in [0.15, 0.2) is 36.4 Å². The van der Waals surface area contributed by atoms with Crippen molar-refractivity contribution in [1.82, 2.24) is 9.80 Å². The van der Waals surface area contributed by atoms with Gasteiger partial charge in [-0.1, -0.05) is 11.6 Å². The summed E-state index contributed by atoms with van der Waals surface area (Å²) in [5, 5.41) is 0.648. The van der Waals surface area contributed by atoms with Crippen molar-refractivity contribution in [2.45, 2.75) is 26.2 Å². The molecule has 2 aliphatic rings. The number of rotatable bonds is 6. The van der Waals surface area contributed by atoms with Crippen LogP contribution in [0.4, 0.5) is 8.78 Å². The lowest BCUT2D eigenvalue weighted by molar-refractivity contribution is -0.139. The highest BCUT2D eigenvalue weighted by Gasteiger charge is 2.40. The maximum atomic E-state index is 14.2. The summed E-state index contributed by atoms with van der Waals surface area (Å²) < 4.78 is 38.9. The van der Waals surface area contributed by atoms with E-state index < -0.39 is 23.0 Å². The Labute approximate surface area is 208 Å². The molecule has 0 spiro atoms. The lowest BCUT2D eigenvalue weighted by Crippen LogP contribution is -2.49. The standard InChI is InChI=1S/C26H29ClF2N2O4/c1-18-14-20(3-5-22(18)27)35-17-26(16-24(32)30-10-12-34-13-11-30)6-8-31(9-7-26)25(33)21-4-2-19(28)15-23(21)29/h2-5,14-15H,6-13,16-17H2,1H3. The number of likely N-dealkylation sites (tertiary alicyclic amines) is 1. The van der Waals surface area contributed by atoms with Gasteiger partial charge in [0.15, 0.2) is 0 Å². The van der Waals surface area contributed by atoms with Crippen LogP contribution < -0.4 is 4.74 Å². The molecule has 0 aliphatic carbocycles. The van der Waals surface area contributed by atoms with Crippen molar-refractivity contribution in [3.8, 4) is 5.75 Å². The Morgan fingerprint density at radius 2 is 1.74 bits per heavy atom. The van der Waals surface area contributed by atoms with E-state index in [2.05, 4.69) is 0 Å². The molecule has 35 heavy (non-hydrogen) atoms. The first kappa shape index (κ1) is 25.4. The second-order valence-electron chi connectivity index (χ2n) is 9.29. The molecule has 2 saturated heterocycles. The monoisotopic (exact) mass is 506 g/mol. The van der Waals surface area contributed by atoms with Gasteiger partial charge < -0.3 is 19.3 Å². The molecule has 9 heteroatoms. The molecule has 2 heterocycles. The van der Waals surface area contributed by atoms with Crippen LogP contribution in [-0.4, -0.2) is 67.6 Å². The molecule has 2 aromatic rings. The number of benzene rings is 2. The van der Waals surface area contributed by atoms with Crippen LogP contribution in [0.1, 0.15) is 35.2 Å². The first-order chi connectivity index (χ1) is 16.8. The molecule has 188 valence electrons. The third-order valence-corrected chi connectivity index (χ3v) is 7.26. The summed E-state index contributed by atoms with van der Waals surface area (Å²) in [7, 11) is 0. The highest BCUT2D eigenvalue weighted by Crippen LogP contribution is 2.37. The van der Waals surface area contributed by atoms with Gasteiger partial charge in [-0.15, -0.1) is 0 Å². The van der Waals surface area contributed by atoms with Crippen molar-refractivity contribution in [1.29, 1.82) is 0 Å². The Kier molecular flexibility index (Phi) is 7.91. The van der Waals surface area contributed by atoms with Gasteiger partial charge >= 0.3 is 0 Å². The van der Waals surface area contributed by atoms with E-state index in [0.717, 1.165) is 11.6 Å². The zero-order valence-electron chi connectivity index (χ0n) is 19.7. The fourth-order valence-electron chi connectivity index (χ4n) is 4.58. The second-order valence-corrected chi connectivity index (χ2v) is 9.69. The van der Waals surface area contributed by atoms with Gasteiger partial charge in [0.2, 0.25) is 5.91 Å². The molecule has 0 atom stereocenters. The minimum atomic E-state index is -0.879. The number of carbonyl (C=O) groups is 2. The number of piperidine rings is 1. The fourth-order valence-corrected chi connectivity index (χ4v) is 4.70. The number of morpholine rings is 1. The molecule has 0 N–H and O–H groups in total. The zero-order valence-corrected chi connectivity index (χ0v) is 20.5. The van der Waals surface area contributed by atoms with Crippen molar-refractivity contribution in [2.24, 2.45) is 5.41 Å². The fraction of sp³-hybridized carbons (Fsp3) is 0.462. The van der Waals surface area contributed by atoms with Crippen LogP contribution in [0, 0.1) is 24.0 Å². The van der Waals surface area contributed by atoms with E-state index in [1.54, 1.807) is 17.0 Å². The molecule has 0 radical (unpaired) electrons. The SMILES string of the molecule is Cc1cc(OCC2(CC(=O)N3CCOCC3)CCN(C(=O)c3ccc(F)cc3F)CC2)ccc1Cl. The second kappa shape index (κ2) is 10.9. The van der Waals surface area contributed by atoms with E-state index in [0.29, 0.717) is 75.7 Å². The molecule has 0 unspecified atom stereocenters. The highest BCUT2D eigenvalue weighted by atomic mass is 35.5. The molecule has 0 aromatic heterocycles. The number of hydrogen-bond acceptors (Lipinski definition) is 4. The van der Waals surface area contributed by atoms with Gasteiger partial charge in [0.1, 0.15) is 17.4 Å². The van der Waals surface area contributed by atoms with Crippen LogP contribution in [0.25, 0.3) is 0 Å². The van der Waals surface area contributed by atoms with Gasteiger partial charge in [-0.05, 0) is 55.7 Å². The van der Waals surface area contributed by atoms with Gasteiger partial charge in [0.05, 0.1) is 25.4 Å². The Hall–Kier alpha value is -2.71. The topological polar surface area (TPSA) is 59.1 Å². The quantitative estimate of drug-likeness (QED) is 0.580. The Morgan fingerprint density at radius 3 is 2.40 bits per heavy atom. The van der Waals surface area contributed by atoms with Crippen LogP contribution in [0.5, 0.6) is 5.75 Å². The van der Waals surface area contributed by atoms with E-state index in [1.165, 1.54) is 6.07 Å². The summed E-state index contributed by atoms with van der Waals surface area (Å²) in [4.78, 5) is 29.4. The molecule has 0 saturated carbocycles. The minimum Gasteiger partial charge on any atom is -0.493 e. The first-order valence-corrected chi connectivity index (χ1v) is 12.1. The normalized spacial score (nSPS) is 17.8. The van der Waals surface area contributed by atoms with E-state index in [1.807, 2.05) is 17.9 Å². The summed E-state index contributed by atoms with van der Waals surface area (Å²) in [5.41, 5.74) is 0.252. The predicted molar refractivity (Wildman–Crippen MR) is 128 cm³/mol. The average Bonchev–Trinajstić information content (AvgIpc) is 2.85. The number of ether oxygens (including phenoxy) is 2. The third-order valence-electron chi connectivity index (χ3n) is 6.84. The van der Waals surface area contributed by atoms with Gasteiger partial charge in [-0.2, -0.15) is 0 Å². The number of aryl methyl sites for hydroxylation is 1. The summed E-state index contributed by atoms with van der Waals surface area (Å²) in [6.07, 6.45) is 1.32. The van der Waals surface area contributed by atoms with E-state index >= 15 is 0 Å². The average molecular weight is 507 g/mol. The number of nitrogens with zero attached hydrogens (tertiary/aromatic N) is 2. The Bertz CT molecular complexity index is 1080. The van der Waals surface area contributed by atoms with Crippen molar-refractivity contribution in [2.75, 3.05) is 46.0 Å². The van der Waals surface area contributed by atoms with Crippen LogP contribution >= 0.6 is 11.6 Å². The van der Waals surface area contributed by atoms with Crippen molar-refractivity contribution >= 4 is 23.4 Å². The number of halogens is 3. The van der Waals surface area contributed by atoms with E-state index in [-0.39, 0.29) is 17.9 Å². The molecule has 2 amide bonds. The maximum absolute atomic E-state index is 14.2. The highest BCUT2D eigenvalue weighted by molar-refractivity contribution is 6.31. The van der Waals surface area contributed by atoms with Crippen LogP contribution in [0.2, 0.25) is 5.02 Å². The molecule has 4 rings (SSSR count). The lowest BCUT2D eigenvalue weighted by Gasteiger charge is -2.42. The molecule has 0 bridgehead atoms. The van der Waals surface area contributed by atoms with Crippen molar-refractivity contribution < 1.29 is 27.8 Å². The van der Waals surface area contributed by atoms with Crippen molar-refractivity contribution in [3.63, 3.8) is 0 Å². The molecule has 2 aromatic carbocycles. The number of amides is 2. The van der Waals surface area contributed by atoms with Crippen LogP contribution in [-0.2, 0) is 9.53 Å². The number of carbonyl (C=O) groups excluding carboxylic acids is 2. The summed E-state index contributed by atoms with van der Waals surface area (Å²) in [6, 6.07) is 8.38. The third kappa shape index (κ3) is 6.11. The van der Waals surface area contributed by atoms with Gasteiger partial charge in [0, 0.05) is 49.1 Å². The molecule has 6 nitrogen and oxygen atoms in total. The maximum Gasteiger partial charge on any atom is 0.256 e. The first-order valence-electron chi connectivity index (χ1n) is 11.8. The summed E-state index contributed by atoms with van der Waals surface area (Å²) in [5.74, 6) is -1.39. The molecular formula is C26H29ClF2N2O4. The summed E-state index contributed by atoms with van der Waals surface area (Å²) in [6.45, 7) is 5.03. The minimum absolute atomic E-state index is 0.0357. The molecular weight excluding hydrogens is 478 g/mol. The predicted octanol–water partition coefficient (Wildman–Crippen LogP) is 4.48. The molecule has 2 fully saturated rings. The van der Waals surface area contributed by atoms with Crippen molar-refractivity contribution in [3.05, 3.63) is 64.2 Å². The lowest BCUT2D eigenvalue weighted by atomic mass is 9.75. The largest absolute Gasteiger partial charge is 0.493 e. The van der Waals surface area contributed by atoms with Gasteiger partial charge in [-0.25, -0.2) is 8.78 Å². The zero-order chi connectivity index (χ0) is 25.0. The molecule has 2 aliphatic heterocycles. The summed E-state index contributed by atoms with van der Waals surface area (Å²) >= 11 is 6.13. The number of hydrogen-bond donors (Lipinski definition) is 0. The van der Waals surface area contributed by atoms with Crippen LogP contribution in [0.3, 0.4) is 0 Å².